The highest BCUT2D eigenvalue weighted by Gasteiger charge is 2.03. The van der Waals surface area contributed by atoms with Crippen molar-refractivity contribution in [1.82, 2.24) is 4.90 Å². The summed E-state index contributed by atoms with van der Waals surface area (Å²) in [5, 5.41) is 7.22. The average Bonchev–Trinajstić information content (AvgIpc) is 1.82. The summed E-state index contributed by atoms with van der Waals surface area (Å²) in [6.45, 7) is 3.22. The minimum atomic E-state index is 0. The van der Waals surface area contributed by atoms with E-state index in [2.05, 4.69) is 25.9 Å². The predicted molar refractivity (Wildman–Crippen MR) is 66.6 cm³/mol. The molecule has 0 fully saturated rings. The van der Waals surface area contributed by atoms with Gasteiger partial charge in [-0.1, -0.05) is 18.7 Å². The average molecular weight is 248 g/mol. The SMILES string of the molecule is CC(CSC(=N)N)CN(C)C.Cl.Cl. The van der Waals surface area contributed by atoms with E-state index in [1.165, 1.54) is 11.8 Å². The lowest BCUT2D eigenvalue weighted by atomic mass is 10.2. The second-order valence-corrected chi connectivity index (χ2v) is 4.10. The van der Waals surface area contributed by atoms with Crippen molar-refractivity contribution in [3.63, 3.8) is 0 Å². The zero-order valence-electron chi connectivity index (χ0n) is 8.24. The van der Waals surface area contributed by atoms with Crippen LogP contribution < -0.4 is 5.73 Å². The van der Waals surface area contributed by atoms with Crippen molar-refractivity contribution in [2.45, 2.75) is 6.92 Å². The van der Waals surface area contributed by atoms with Crippen molar-refractivity contribution in [3.8, 4) is 0 Å². The molecule has 0 aromatic heterocycles. The number of amidine groups is 1. The minimum absolute atomic E-state index is 0. The van der Waals surface area contributed by atoms with Crippen LogP contribution in [0.5, 0.6) is 0 Å². The first-order valence-electron chi connectivity index (χ1n) is 3.64. The van der Waals surface area contributed by atoms with Gasteiger partial charge in [-0.15, -0.1) is 24.8 Å². The maximum absolute atomic E-state index is 7.00. The number of halogens is 2. The molecule has 0 aromatic rings. The van der Waals surface area contributed by atoms with Crippen LogP contribution in [0, 0.1) is 11.3 Å². The topological polar surface area (TPSA) is 53.1 Å². The van der Waals surface area contributed by atoms with Crippen molar-refractivity contribution < 1.29 is 0 Å². The maximum atomic E-state index is 7.00. The molecule has 0 radical (unpaired) electrons. The summed E-state index contributed by atoms with van der Waals surface area (Å²) >= 11 is 1.42. The fraction of sp³-hybridized carbons (Fsp3) is 0.857. The second-order valence-electron chi connectivity index (χ2n) is 3.04. The molecule has 0 bridgehead atoms. The van der Waals surface area contributed by atoms with Gasteiger partial charge in [0.1, 0.15) is 0 Å². The van der Waals surface area contributed by atoms with Gasteiger partial charge in [-0.25, -0.2) is 0 Å². The first kappa shape index (κ1) is 19.0. The molecule has 0 saturated carbocycles. The van der Waals surface area contributed by atoms with E-state index in [1.54, 1.807) is 0 Å². The van der Waals surface area contributed by atoms with Crippen LogP contribution in [0.25, 0.3) is 0 Å². The van der Waals surface area contributed by atoms with Crippen LogP contribution in [0.4, 0.5) is 0 Å². The summed E-state index contributed by atoms with van der Waals surface area (Å²) in [6.07, 6.45) is 0. The molecule has 0 aromatic carbocycles. The molecule has 0 amide bonds. The maximum Gasteiger partial charge on any atom is 0.151 e. The van der Waals surface area contributed by atoms with Gasteiger partial charge in [0.2, 0.25) is 0 Å². The molecule has 0 aliphatic rings. The summed E-state index contributed by atoms with van der Waals surface area (Å²) in [6, 6.07) is 0. The van der Waals surface area contributed by atoms with E-state index in [9.17, 15) is 0 Å². The highest BCUT2D eigenvalue weighted by Crippen LogP contribution is 2.07. The Hall–Kier alpha value is 0.360. The molecule has 1 atom stereocenters. The molecule has 82 valence electrons. The van der Waals surface area contributed by atoms with Crippen molar-refractivity contribution in [1.29, 1.82) is 5.41 Å². The molecule has 6 heteroatoms. The molecule has 0 heterocycles. The van der Waals surface area contributed by atoms with Gasteiger partial charge < -0.3 is 10.6 Å². The van der Waals surface area contributed by atoms with Crippen LogP contribution in [0.1, 0.15) is 6.92 Å². The third-order valence-electron chi connectivity index (χ3n) is 1.20. The fourth-order valence-corrected chi connectivity index (χ4v) is 1.48. The highest BCUT2D eigenvalue weighted by molar-refractivity contribution is 8.13. The number of nitrogens with zero attached hydrogens (tertiary/aromatic N) is 1. The van der Waals surface area contributed by atoms with E-state index in [0.29, 0.717) is 5.92 Å². The Morgan fingerprint density at radius 1 is 1.46 bits per heavy atom. The van der Waals surface area contributed by atoms with Gasteiger partial charge in [0, 0.05) is 12.3 Å². The molecule has 13 heavy (non-hydrogen) atoms. The Kier molecular flexibility index (Phi) is 15.3. The summed E-state index contributed by atoms with van der Waals surface area (Å²) in [4.78, 5) is 2.14. The second kappa shape index (κ2) is 10.4. The van der Waals surface area contributed by atoms with Gasteiger partial charge in [-0.05, 0) is 20.0 Å². The van der Waals surface area contributed by atoms with E-state index < -0.39 is 0 Å². The van der Waals surface area contributed by atoms with Gasteiger partial charge in [-0.2, -0.15) is 0 Å². The number of hydrogen-bond donors (Lipinski definition) is 2. The van der Waals surface area contributed by atoms with Crippen LogP contribution in [-0.4, -0.2) is 36.5 Å². The van der Waals surface area contributed by atoms with E-state index in [-0.39, 0.29) is 30.0 Å². The number of hydrogen-bond acceptors (Lipinski definition) is 3. The monoisotopic (exact) mass is 247 g/mol. The number of nitrogens with two attached hydrogens (primary N) is 1. The summed E-state index contributed by atoms with van der Waals surface area (Å²) in [5.74, 6) is 1.53. The van der Waals surface area contributed by atoms with Gasteiger partial charge in [0.25, 0.3) is 0 Å². The van der Waals surface area contributed by atoms with Crippen LogP contribution >= 0.6 is 36.6 Å². The lowest BCUT2D eigenvalue weighted by Crippen LogP contribution is -2.22. The van der Waals surface area contributed by atoms with E-state index >= 15 is 0 Å². The number of rotatable bonds is 4. The normalized spacial score (nSPS) is 11.4. The largest absolute Gasteiger partial charge is 0.379 e. The van der Waals surface area contributed by atoms with Crippen LogP contribution in [0.2, 0.25) is 0 Å². The summed E-state index contributed by atoms with van der Waals surface area (Å²) < 4.78 is 0. The van der Waals surface area contributed by atoms with Crippen LogP contribution in [0.15, 0.2) is 0 Å². The molecule has 0 aliphatic carbocycles. The van der Waals surface area contributed by atoms with Crippen molar-refractivity contribution >= 4 is 41.7 Å². The molecule has 0 spiro atoms. The zero-order chi connectivity index (χ0) is 8.85. The van der Waals surface area contributed by atoms with E-state index in [1.807, 2.05) is 0 Å². The summed E-state index contributed by atoms with van der Waals surface area (Å²) in [7, 11) is 4.10. The lowest BCUT2D eigenvalue weighted by Gasteiger charge is -2.15. The van der Waals surface area contributed by atoms with Gasteiger partial charge in [-0.3, -0.25) is 5.41 Å². The Morgan fingerprint density at radius 2 is 1.92 bits per heavy atom. The Morgan fingerprint density at radius 3 is 2.23 bits per heavy atom. The smallest absolute Gasteiger partial charge is 0.151 e. The minimum Gasteiger partial charge on any atom is -0.379 e. The van der Waals surface area contributed by atoms with Gasteiger partial charge in [0.05, 0.1) is 0 Å². The fourth-order valence-electron chi connectivity index (χ4n) is 0.908. The van der Waals surface area contributed by atoms with Crippen LogP contribution in [0.3, 0.4) is 0 Å². The van der Waals surface area contributed by atoms with Gasteiger partial charge >= 0.3 is 0 Å². The standard InChI is InChI=1S/C7H17N3S.2ClH/c1-6(4-10(2)3)5-11-7(8)9;;/h6H,4-5H2,1-3H3,(H3,8,9);2*1H. The quantitative estimate of drug-likeness (QED) is 0.587. The summed E-state index contributed by atoms with van der Waals surface area (Å²) in [5.41, 5.74) is 5.20. The zero-order valence-corrected chi connectivity index (χ0v) is 10.7. The third-order valence-corrected chi connectivity index (χ3v) is 2.25. The van der Waals surface area contributed by atoms with Crippen molar-refractivity contribution in [2.24, 2.45) is 11.7 Å². The Balaban J connectivity index is -0.000000500. The van der Waals surface area contributed by atoms with Gasteiger partial charge in [0.15, 0.2) is 5.17 Å². The Labute approximate surface area is 97.1 Å². The van der Waals surface area contributed by atoms with E-state index in [0.717, 1.165) is 12.3 Å². The van der Waals surface area contributed by atoms with Crippen molar-refractivity contribution in [3.05, 3.63) is 0 Å². The number of thioether (sulfide) groups is 1. The molecular formula is C7H19Cl2N3S. The number of nitrogens with one attached hydrogen (secondary N) is 1. The molecule has 1 unspecified atom stereocenters. The van der Waals surface area contributed by atoms with Crippen molar-refractivity contribution in [2.75, 3.05) is 26.4 Å². The van der Waals surface area contributed by atoms with E-state index in [4.69, 9.17) is 11.1 Å². The molecule has 3 N–H and O–H groups in total. The predicted octanol–water partition coefficient (Wildman–Crippen LogP) is 1.65. The molecule has 0 aliphatic heterocycles. The third kappa shape index (κ3) is 15.1. The molecule has 0 saturated heterocycles. The first-order chi connectivity index (χ1) is 5.02. The molecular weight excluding hydrogens is 229 g/mol. The Bertz CT molecular complexity index is 133. The van der Waals surface area contributed by atoms with Crippen LogP contribution in [-0.2, 0) is 0 Å². The first-order valence-corrected chi connectivity index (χ1v) is 4.62. The highest BCUT2D eigenvalue weighted by atomic mass is 35.5. The molecule has 0 rings (SSSR count). The molecule has 3 nitrogen and oxygen atoms in total. The lowest BCUT2D eigenvalue weighted by molar-refractivity contribution is 0.357.